The van der Waals surface area contributed by atoms with E-state index < -0.39 is 10.0 Å². The van der Waals surface area contributed by atoms with Crippen LogP contribution in [0.4, 0.5) is 5.69 Å². The van der Waals surface area contributed by atoms with Crippen LogP contribution in [0.3, 0.4) is 0 Å². The van der Waals surface area contributed by atoms with Gasteiger partial charge in [-0.15, -0.1) is 11.3 Å². The summed E-state index contributed by atoms with van der Waals surface area (Å²) in [5, 5.41) is 3.03. The lowest BCUT2D eigenvalue weighted by atomic mass is 10.2. The maximum atomic E-state index is 12.2. The number of benzene rings is 2. The van der Waals surface area contributed by atoms with Crippen LogP contribution in [0.1, 0.15) is 0 Å². The summed E-state index contributed by atoms with van der Waals surface area (Å²) in [5.74, 6) is 0. The van der Waals surface area contributed by atoms with Crippen molar-refractivity contribution in [1.82, 2.24) is 0 Å². The van der Waals surface area contributed by atoms with Crippen LogP contribution in [0.2, 0.25) is 0 Å². The topological polar surface area (TPSA) is 46.2 Å². The first-order chi connectivity index (χ1) is 9.15. The third-order valence-electron chi connectivity index (χ3n) is 2.76. The van der Waals surface area contributed by atoms with Gasteiger partial charge in [-0.2, -0.15) is 0 Å². The van der Waals surface area contributed by atoms with Gasteiger partial charge in [-0.25, -0.2) is 8.42 Å². The van der Waals surface area contributed by atoms with Crippen molar-refractivity contribution in [3.05, 3.63) is 60.0 Å². The minimum absolute atomic E-state index is 0.264. The molecule has 0 saturated heterocycles. The molecule has 2 aromatic carbocycles. The first-order valence-corrected chi connectivity index (χ1v) is 8.06. The van der Waals surface area contributed by atoms with Gasteiger partial charge in [0.25, 0.3) is 10.0 Å². The van der Waals surface area contributed by atoms with E-state index in [9.17, 15) is 8.42 Å². The van der Waals surface area contributed by atoms with Crippen molar-refractivity contribution in [2.45, 2.75) is 4.90 Å². The lowest BCUT2D eigenvalue weighted by Crippen LogP contribution is -2.12. The van der Waals surface area contributed by atoms with Crippen LogP contribution < -0.4 is 4.72 Å². The highest BCUT2D eigenvalue weighted by atomic mass is 32.2. The van der Waals surface area contributed by atoms with E-state index in [0.717, 1.165) is 10.1 Å². The summed E-state index contributed by atoms with van der Waals surface area (Å²) in [6.45, 7) is 0. The Labute approximate surface area is 115 Å². The second kappa shape index (κ2) is 4.68. The molecule has 0 saturated carbocycles. The zero-order chi connectivity index (χ0) is 13.3. The smallest absolute Gasteiger partial charge is 0.261 e. The highest BCUT2D eigenvalue weighted by molar-refractivity contribution is 7.92. The van der Waals surface area contributed by atoms with Gasteiger partial charge in [0, 0.05) is 10.4 Å². The van der Waals surface area contributed by atoms with Crippen molar-refractivity contribution in [1.29, 1.82) is 0 Å². The van der Waals surface area contributed by atoms with Crippen molar-refractivity contribution in [3.8, 4) is 0 Å². The Balaban J connectivity index is 1.96. The summed E-state index contributed by atoms with van der Waals surface area (Å²) in [7, 11) is -3.51. The molecule has 0 amide bonds. The predicted molar refractivity (Wildman–Crippen MR) is 79.1 cm³/mol. The molecule has 3 nitrogen and oxygen atoms in total. The molecule has 0 aliphatic carbocycles. The van der Waals surface area contributed by atoms with Gasteiger partial charge in [0.15, 0.2) is 0 Å². The first kappa shape index (κ1) is 12.2. The molecule has 19 heavy (non-hydrogen) atoms. The number of fused-ring (bicyclic) bond motifs is 1. The fourth-order valence-corrected chi connectivity index (χ4v) is 3.69. The summed E-state index contributed by atoms with van der Waals surface area (Å²) < 4.78 is 28.1. The fourth-order valence-electron chi connectivity index (χ4n) is 1.84. The summed E-state index contributed by atoms with van der Waals surface area (Å²) in [6.07, 6.45) is 0. The van der Waals surface area contributed by atoms with Crippen molar-refractivity contribution in [2.75, 3.05) is 4.72 Å². The molecule has 5 heteroatoms. The van der Waals surface area contributed by atoms with Gasteiger partial charge < -0.3 is 0 Å². The molecule has 1 N–H and O–H groups in total. The maximum absolute atomic E-state index is 12.2. The Bertz CT molecular complexity index is 808. The number of hydrogen-bond donors (Lipinski definition) is 1. The van der Waals surface area contributed by atoms with E-state index >= 15 is 0 Å². The van der Waals surface area contributed by atoms with Crippen molar-refractivity contribution >= 4 is 37.1 Å². The van der Waals surface area contributed by atoms with Gasteiger partial charge >= 0.3 is 0 Å². The van der Waals surface area contributed by atoms with Crippen LogP contribution in [0.5, 0.6) is 0 Å². The van der Waals surface area contributed by atoms with Crippen molar-refractivity contribution in [3.63, 3.8) is 0 Å². The van der Waals surface area contributed by atoms with E-state index in [4.69, 9.17) is 0 Å². The number of hydrogen-bond acceptors (Lipinski definition) is 3. The molecular weight excluding hydrogens is 278 g/mol. The average molecular weight is 289 g/mol. The van der Waals surface area contributed by atoms with Gasteiger partial charge in [0.2, 0.25) is 0 Å². The molecule has 0 radical (unpaired) electrons. The maximum Gasteiger partial charge on any atom is 0.261 e. The summed E-state index contributed by atoms with van der Waals surface area (Å²) in [6, 6.07) is 15.9. The Kier molecular flexibility index (Phi) is 3.00. The van der Waals surface area contributed by atoms with Crippen LogP contribution in [0.15, 0.2) is 64.9 Å². The Hall–Kier alpha value is -1.85. The third kappa shape index (κ3) is 2.47. The van der Waals surface area contributed by atoms with Crippen LogP contribution in [-0.4, -0.2) is 8.42 Å². The zero-order valence-electron chi connectivity index (χ0n) is 9.91. The highest BCUT2D eigenvalue weighted by Gasteiger charge is 2.13. The number of anilines is 1. The Morgan fingerprint density at radius 1 is 0.947 bits per heavy atom. The molecule has 0 aliphatic rings. The molecule has 96 valence electrons. The minimum atomic E-state index is -3.51. The molecule has 1 heterocycles. The molecule has 0 atom stereocenters. The van der Waals surface area contributed by atoms with Crippen molar-refractivity contribution in [2.24, 2.45) is 0 Å². The predicted octanol–water partition coefficient (Wildman–Crippen LogP) is 3.70. The fraction of sp³-hybridized carbons (Fsp3) is 0. The van der Waals surface area contributed by atoms with E-state index in [1.807, 2.05) is 23.6 Å². The van der Waals surface area contributed by atoms with Gasteiger partial charge in [0.05, 0.1) is 4.90 Å². The van der Waals surface area contributed by atoms with Crippen LogP contribution in [-0.2, 0) is 10.0 Å². The number of nitrogens with one attached hydrogen (secondary N) is 1. The number of rotatable bonds is 3. The average Bonchev–Trinajstić information content (AvgIpc) is 2.87. The van der Waals surface area contributed by atoms with E-state index in [2.05, 4.69) is 4.72 Å². The Morgan fingerprint density at radius 3 is 2.53 bits per heavy atom. The van der Waals surface area contributed by atoms with Gasteiger partial charge in [0.1, 0.15) is 0 Å². The molecule has 3 rings (SSSR count). The molecular formula is C14H11NO2S2. The first-order valence-electron chi connectivity index (χ1n) is 5.70. The number of sulfonamides is 1. The van der Waals surface area contributed by atoms with Gasteiger partial charge in [-0.1, -0.05) is 18.2 Å². The SMILES string of the molecule is O=S(=O)(Nc1ccc2sccc2c1)c1ccccc1. The van der Waals surface area contributed by atoms with Crippen LogP contribution in [0, 0.1) is 0 Å². The molecule has 1 aromatic heterocycles. The van der Waals surface area contributed by atoms with Gasteiger partial charge in [-0.05, 0) is 47.2 Å². The van der Waals surface area contributed by atoms with Crippen LogP contribution in [0.25, 0.3) is 10.1 Å². The lowest BCUT2D eigenvalue weighted by Gasteiger charge is -2.07. The zero-order valence-corrected chi connectivity index (χ0v) is 11.5. The lowest BCUT2D eigenvalue weighted by molar-refractivity contribution is 0.601. The second-order valence-electron chi connectivity index (χ2n) is 4.09. The standard InChI is InChI=1S/C14H11NO2S2/c16-19(17,13-4-2-1-3-5-13)15-12-6-7-14-11(10-12)8-9-18-14/h1-10,15H. The quantitative estimate of drug-likeness (QED) is 0.799. The van der Waals surface area contributed by atoms with Crippen LogP contribution >= 0.6 is 11.3 Å². The van der Waals surface area contributed by atoms with Crippen molar-refractivity contribution < 1.29 is 8.42 Å². The molecule has 0 aliphatic heterocycles. The number of thiophene rings is 1. The monoisotopic (exact) mass is 289 g/mol. The molecule has 0 unspecified atom stereocenters. The highest BCUT2D eigenvalue weighted by Crippen LogP contribution is 2.25. The Morgan fingerprint density at radius 2 is 1.74 bits per heavy atom. The third-order valence-corrected chi connectivity index (χ3v) is 5.05. The largest absolute Gasteiger partial charge is 0.280 e. The van der Waals surface area contributed by atoms with E-state index in [1.165, 1.54) is 0 Å². The molecule has 3 aromatic rings. The normalized spacial score (nSPS) is 11.6. The van der Waals surface area contributed by atoms with E-state index in [0.29, 0.717) is 5.69 Å². The molecule has 0 bridgehead atoms. The molecule has 0 spiro atoms. The van der Waals surface area contributed by atoms with Gasteiger partial charge in [-0.3, -0.25) is 4.72 Å². The van der Waals surface area contributed by atoms with E-state index in [-0.39, 0.29) is 4.90 Å². The molecule has 0 fully saturated rings. The second-order valence-corrected chi connectivity index (χ2v) is 6.72. The van der Waals surface area contributed by atoms with E-state index in [1.54, 1.807) is 47.7 Å². The minimum Gasteiger partial charge on any atom is -0.280 e. The summed E-state index contributed by atoms with van der Waals surface area (Å²) in [4.78, 5) is 0.264. The summed E-state index contributed by atoms with van der Waals surface area (Å²) in [5.41, 5.74) is 0.578. The summed E-state index contributed by atoms with van der Waals surface area (Å²) >= 11 is 1.63.